The van der Waals surface area contributed by atoms with Gasteiger partial charge in [-0.05, 0) is 31.5 Å². The van der Waals surface area contributed by atoms with Crippen molar-refractivity contribution in [3.05, 3.63) is 57.9 Å². The van der Waals surface area contributed by atoms with Crippen LogP contribution in [-0.2, 0) is 0 Å². The van der Waals surface area contributed by atoms with Crippen LogP contribution in [0.3, 0.4) is 0 Å². The molecule has 0 aliphatic heterocycles. The van der Waals surface area contributed by atoms with Crippen molar-refractivity contribution in [3.8, 4) is 5.75 Å². The summed E-state index contributed by atoms with van der Waals surface area (Å²) >= 11 is 0. The first-order valence-corrected chi connectivity index (χ1v) is 6.81. The van der Waals surface area contributed by atoms with Crippen LogP contribution in [0.5, 0.6) is 5.75 Å². The highest BCUT2D eigenvalue weighted by Crippen LogP contribution is 2.32. The smallest absolute Gasteiger partial charge is 0.271 e. The fourth-order valence-corrected chi connectivity index (χ4v) is 2.23. The van der Waals surface area contributed by atoms with Gasteiger partial charge in [0.05, 0.1) is 10.6 Å². The van der Waals surface area contributed by atoms with Crippen molar-refractivity contribution in [2.75, 3.05) is 0 Å². The molecule has 1 aromatic carbocycles. The summed E-state index contributed by atoms with van der Waals surface area (Å²) in [5, 5.41) is 28.6. The van der Waals surface area contributed by atoms with Gasteiger partial charge in [0.2, 0.25) is 0 Å². The molecule has 8 heteroatoms. The number of phenols is 1. The molecule has 0 bridgehead atoms. The van der Waals surface area contributed by atoms with Crippen LogP contribution in [0.2, 0.25) is 0 Å². The first-order valence-electron chi connectivity index (χ1n) is 6.81. The van der Waals surface area contributed by atoms with Gasteiger partial charge in [-0.25, -0.2) is 4.98 Å². The molecule has 1 N–H and O–H groups in total. The molecular formula is C15H13N5O3. The van der Waals surface area contributed by atoms with E-state index in [1.54, 1.807) is 11.3 Å². The van der Waals surface area contributed by atoms with Gasteiger partial charge in [-0.2, -0.15) is 0 Å². The topological polar surface area (TPSA) is 105 Å². The fraction of sp³-hybridized carbons (Fsp3) is 0.133. The lowest BCUT2D eigenvalue weighted by molar-refractivity contribution is -0.384. The molecule has 0 aliphatic rings. The number of imidazole rings is 1. The molecule has 116 valence electrons. The zero-order chi connectivity index (χ0) is 16.6. The van der Waals surface area contributed by atoms with E-state index in [9.17, 15) is 15.2 Å². The molecule has 3 aromatic rings. The van der Waals surface area contributed by atoms with E-state index in [4.69, 9.17) is 0 Å². The van der Waals surface area contributed by atoms with E-state index in [0.29, 0.717) is 11.5 Å². The molecule has 0 fully saturated rings. The molecule has 3 rings (SSSR count). The van der Waals surface area contributed by atoms with Crippen LogP contribution in [-0.4, -0.2) is 19.4 Å². The molecule has 8 nitrogen and oxygen atoms in total. The maximum Gasteiger partial charge on any atom is 0.271 e. The standard InChI is InChI=1S/C15H13N5O3/c1-9-4-3-7-19-14(9)16-10(2)15(19)18-17-12-8-11(20(22)23)5-6-13(12)21/h3-8,21H,1-2H3. The second-order valence-corrected chi connectivity index (χ2v) is 5.04. The Balaban J connectivity index is 2.07. The zero-order valence-corrected chi connectivity index (χ0v) is 12.5. The summed E-state index contributed by atoms with van der Waals surface area (Å²) < 4.78 is 1.78. The van der Waals surface area contributed by atoms with Gasteiger partial charge >= 0.3 is 0 Å². The molecular weight excluding hydrogens is 298 g/mol. The predicted molar refractivity (Wildman–Crippen MR) is 83.6 cm³/mol. The number of aromatic nitrogens is 2. The van der Waals surface area contributed by atoms with Gasteiger partial charge in [0.1, 0.15) is 17.1 Å². The van der Waals surface area contributed by atoms with Crippen molar-refractivity contribution < 1.29 is 10.0 Å². The third kappa shape index (κ3) is 2.61. The SMILES string of the molecule is Cc1nc2c(C)cccn2c1N=Nc1cc([N+](=O)[O-])ccc1O. The molecule has 0 aliphatic carbocycles. The molecule has 23 heavy (non-hydrogen) atoms. The Bertz CT molecular complexity index is 946. The summed E-state index contributed by atoms with van der Waals surface area (Å²) in [4.78, 5) is 14.7. The Kier molecular flexibility index (Phi) is 3.49. The van der Waals surface area contributed by atoms with E-state index in [-0.39, 0.29) is 17.1 Å². The van der Waals surface area contributed by atoms with E-state index in [1.165, 1.54) is 18.2 Å². The van der Waals surface area contributed by atoms with Crippen LogP contribution in [0.1, 0.15) is 11.3 Å². The average Bonchev–Trinajstić information content (AvgIpc) is 2.83. The van der Waals surface area contributed by atoms with E-state index in [1.807, 2.05) is 25.3 Å². The predicted octanol–water partition coefficient (Wildman–Crippen LogP) is 3.98. The first kappa shape index (κ1) is 14.6. The van der Waals surface area contributed by atoms with Crippen molar-refractivity contribution in [1.82, 2.24) is 9.38 Å². The normalized spacial score (nSPS) is 11.4. The molecule has 0 unspecified atom stereocenters. The lowest BCUT2D eigenvalue weighted by Crippen LogP contribution is -1.86. The highest BCUT2D eigenvalue weighted by molar-refractivity contribution is 5.58. The van der Waals surface area contributed by atoms with Crippen molar-refractivity contribution in [2.24, 2.45) is 10.2 Å². The largest absolute Gasteiger partial charge is 0.506 e. The van der Waals surface area contributed by atoms with Crippen molar-refractivity contribution in [3.63, 3.8) is 0 Å². The number of nitro benzene ring substituents is 1. The molecule has 0 saturated heterocycles. The number of hydrogen-bond acceptors (Lipinski definition) is 6. The van der Waals surface area contributed by atoms with Crippen LogP contribution >= 0.6 is 0 Å². The van der Waals surface area contributed by atoms with Crippen LogP contribution in [0, 0.1) is 24.0 Å². The van der Waals surface area contributed by atoms with Crippen LogP contribution < -0.4 is 0 Å². The number of non-ortho nitro benzene ring substituents is 1. The molecule has 0 spiro atoms. The van der Waals surface area contributed by atoms with Gasteiger partial charge in [-0.3, -0.25) is 14.5 Å². The van der Waals surface area contributed by atoms with Gasteiger partial charge in [0, 0.05) is 18.3 Å². The lowest BCUT2D eigenvalue weighted by atomic mass is 10.2. The van der Waals surface area contributed by atoms with Gasteiger partial charge < -0.3 is 5.11 Å². The number of phenolic OH excluding ortho intramolecular Hbond substituents is 1. The van der Waals surface area contributed by atoms with Crippen LogP contribution in [0.15, 0.2) is 46.8 Å². The van der Waals surface area contributed by atoms with Gasteiger partial charge in [-0.1, -0.05) is 6.07 Å². The molecule has 0 atom stereocenters. The maximum atomic E-state index is 10.8. The molecule has 0 saturated carbocycles. The van der Waals surface area contributed by atoms with E-state index >= 15 is 0 Å². The summed E-state index contributed by atoms with van der Waals surface area (Å²) in [7, 11) is 0. The number of fused-ring (bicyclic) bond motifs is 1. The van der Waals surface area contributed by atoms with Gasteiger partial charge in [0.25, 0.3) is 5.69 Å². The Morgan fingerprint density at radius 3 is 2.78 bits per heavy atom. The number of benzene rings is 1. The summed E-state index contributed by atoms with van der Waals surface area (Å²) in [6, 6.07) is 7.40. The fourth-order valence-electron chi connectivity index (χ4n) is 2.23. The summed E-state index contributed by atoms with van der Waals surface area (Å²) in [5.74, 6) is 0.330. The number of rotatable bonds is 3. The Morgan fingerprint density at radius 2 is 2.04 bits per heavy atom. The number of aryl methyl sites for hydroxylation is 2. The third-order valence-corrected chi connectivity index (χ3v) is 3.41. The third-order valence-electron chi connectivity index (χ3n) is 3.41. The van der Waals surface area contributed by atoms with E-state index < -0.39 is 4.92 Å². The highest BCUT2D eigenvalue weighted by atomic mass is 16.6. The number of nitro groups is 1. The van der Waals surface area contributed by atoms with Crippen LogP contribution in [0.25, 0.3) is 5.65 Å². The monoisotopic (exact) mass is 311 g/mol. The minimum Gasteiger partial charge on any atom is -0.506 e. The average molecular weight is 311 g/mol. The van der Waals surface area contributed by atoms with Crippen LogP contribution in [0.4, 0.5) is 17.2 Å². The Labute approximate surface area is 130 Å². The Hall–Kier alpha value is -3.29. The molecule has 2 aromatic heterocycles. The highest BCUT2D eigenvalue weighted by Gasteiger charge is 2.12. The molecule has 2 heterocycles. The quantitative estimate of drug-likeness (QED) is 0.448. The van der Waals surface area contributed by atoms with Crippen molar-refractivity contribution >= 4 is 22.8 Å². The van der Waals surface area contributed by atoms with Gasteiger partial charge in [-0.15, -0.1) is 10.2 Å². The number of pyridine rings is 1. The second-order valence-electron chi connectivity index (χ2n) is 5.04. The number of hydrogen-bond donors (Lipinski definition) is 1. The summed E-state index contributed by atoms with van der Waals surface area (Å²) in [6.07, 6.45) is 1.81. The minimum absolute atomic E-state index is 0.0289. The molecule has 0 radical (unpaired) electrons. The van der Waals surface area contributed by atoms with Crippen molar-refractivity contribution in [2.45, 2.75) is 13.8 Å². The minimum atomic E-state index is -0.554. The second kappa shape index (κ2) is 5.48. The van der Waals surface area contributed by atoms with Crippen molar-refractivity contribution in [1.29, 1.82) is 0 Å². The summed E-state index contributed by atoms with van der Waals surface area (Å²) in [5.41, 5.74) is 2.30. The summed E-state index contributed by atoms with van der Waals surface area (Å²) in [6.45, 7) is 3.74. The van der Waals surface area contributed by atoms with E-state index in [0.717, 1.165) is 11.2 Å². The maximum absolute atomic E-state index is 10.8. The first-order chi connectivity index (χ1) is 11.0. The number of azo groups is 1. The lowest BCUT2D eigenvalue weighted by Gasteiger charge is -1.99. The zero-order valence-electron chi connectivity index (χ0n) is 12.5. The molecule has 0 amide bonds. The Morgan fingerprint density at radius 1 is 1.26 bits per heavy atom. The number of nitrogens with zero attached hydrogens (tertiary/aromatic N) is 5. The van der Waals surface area contributed by atoms with E-state index in [2.05, 4.69) is 15.2 Å². The number of aromatic hydroxyl groups is 1. The van der Waals surface area contributed by atoms with Gasteiger partial charge in [0.15, 0.2) is 5.82 Å².